The number of amides is 1. The number of piperidine rings is 1. The molecule has 0 aromatic heterocycles. The van der Waals surface area contributed by atoms with E-state index in [1.807, 2.05) is 4.90 Å². The molecule has 0 radical (unpaired) electrons. The van der Waals surface area contributed by atoms with E-state index in [9.17, 15) is 13.2 Å². The van der Waals surface area contributed by atoms with E-state index < -0.39 is 15.1 Å². The molecule has 0 N–H and O–H groups in total. The Bertz CT molecular complexity index is 864. The fourth-order valence-corrected chi connectivity index (χ4v) is 9.04. The van der Waals surface area contributed by atoms with Crippen molar-refractivity contribution in [1.29, 1.82) is 0 Å². The smallest absolute Gasteiger partial charge is 0.223 e. The van der Waals surface area contributed by atoms with Crippen molar-refractivity contribution < 1.29 is 17.9 Å². The van der Waals surface area contributed by atoms with Crippen LogP contribution in [0.25, 0.3) is 0 Å². The number of ether oxygens (including phenoxy) is 1. The Labute approximate surface area is 180 Å². The molecule has 1 saturated heterocycles. The SMILES string of the molecule is COc1ccc(S(=O)(=O)C2CCN(C(=O)CC34CC5CC(CC(C5)C3)C4)CC2)cc1. The molecule has 1 aromatic rings. The Morgan fingerprint density at radius 1 is 1.00 bits per heavy atom. The van der Waals surface area contributed by atoms with Crippen LogP contribution in [0.15, 0.2) is 29.2 Å². The zero-order valence-electron chi connectivity index (χ0n) is 17.9. The molecule has 6 rings (SSSR count). The van der Waals surface area contributed by atoms with Crippen LogP contribution in [0.4, 0.5) is 0 Å². The van der Waals surface area contributed by atoms with Crippen molar-refractivity contribution in [3.05, 3.63) is 24.3 Å². The number of likely N-dealkylation sites (tertiary alicyclic amines) is 1. The molecule has 1 aromatic carbocycles. The van der Waals surface area contributed by atoms with Crippen molar-refractivity contribution in [3.63, 3.8) is 0 Å². The van der Waals surface area contributed by atoms with Gasteiger partial charge < -0.3 is 9.64 Å². The number of rotatable bonds is 5. The number of carbonyl (C=O) groups excluding carboxylic acids is 1. The molecule has 4 bridgehead atoms. The zero-order valence-corrected chi connectivity index (χ0v) is 18.7. The molecule has 5 aliphatic rings. The molecule has 164 valence electrons. The maximum Gasteiger partial charge on any atom is 0.223 e. The quantitative estimate of drug-likeness (QED) is 0.705. The van der Waals surface area contributed by atoms with E-state index in [1.54, 1.807) is 31.4 Å². The first kappa shape index (κ1) is 20.3. The van der Waals surface area contributed by atoms with Crippen LogP contribution in [0.3, 0.4) is 0 Å². The van der Waals surface area contributed by atoms with Crippen molar-refractivity contribution in [2.75, 3.05) is 20.2 Å². The molecule has 6 heteroatoms. The molecule has 5 nitrogen and oxygen atoms in total. The fourth-order valence-electron chi connectivity index (χ4n) is 7.31. The highest BCUT2D eigenvalue weighted by atomic mass is 32.2. The number of hydrogen-bond donors (Lipinski definition) is 0. The molecule has 1 heterocycles. The van der Waals surface area contributed by atoms with Gasteiger partial charge in [-0.1, -0.05) is 0 Å². The third kappa shape index (κ3) is 3.65. The highest BCUT2D eigenvalue weighted by Crippen LogP contribution is 2.61. The van der Waals surface area contributed by atoms with Gasteiger partial charge in [-0.15, -0.1) is 0 Å². The van der Waals surface area contributed by atoms with E-state index in [1.165, 1.54) is 38.5 Å². The summed E-state index contributed by atoms with van der Waals surface area (Å²) < 4.78 is 31.2. The lowest BCUT2D eigenvalue weighted by molar-refractivity contribution is -0.140. The van der Waals surface area contributed by atoms with E-state index in [0.717, 1.165) is 17.8 Å². The van der Waals surface area contributed by atoms with Gasteiger partial charge in [0.1, 0.15) is 5.75 Å². The van der Waals surface area contributed by atoms with Crippen molar-refractivity contribution >= 4 is 15.7 Å². The molecular formula is C24H33NO4S. The number of carbonyl (C=O) groups is 1. The minimum absolute atomic E-state index is 0.248. The van der Waals surface area contributed by atoms with Gasteiger partial charge in [-0.3, -0.25) is 4.79 Å². The zero-order chi connectivity index (χ0) is 20.9. The number of hydrogen-bond acceptors (Lipinski definition) is 4. The van der Waals surface area contributed by atoms with Crippen LogP contribution in [0, 0.1) is 23.2 Å². The molecule has 1 amide bonds. The van der Waals surface area contributed by atoms with Gasteiger partial charge in [0.2, 0.25) is 5.91 Å². The number of methoxy groups -OCH3 is 1. The first-order valence-electron chi connectivity index (χ1n) is 11.5. The lowest BCUT2D eigenvalue weighted by Gasteiger charge is -2.57. The average Bonchev–Trinajstić information content (AvgIpc) is 2.72. The van der Waals surface area contributed by atoms with E-state index >= 15 is 0 Å². The molecule has 0 spiro atoms. The van der Waals surface area contributed by atoms with Crippen molar-refractivity contribution in [3.8, 4) is 5.75 Å². The lowest BCUT2D eigenvalue weighted by atomic mass is 9.49. The lowest BCUT2D eigenvalue weighted by Crippen LogP contribution is -2.49. The molecule has 4 saturated carbocycles. The third-order valence-electron chi connectivity index (χ3n) is 8.31. The van der Waals surface area contributed by atoms with Gasteiger partial charge in [0.25, 0.3) is 0 Å². The first-order chi connectivity index (χ1) is 14.4. The molecular weight excluding hydrogens is 398 g/mol. The van der Waals surface area contributed by atoms with Gasteiger partial charge in [0, 0.05) is 19.5 Å². The van der Waals surface area contributed by atoms with Gasteiger partial charge in [0.15, 0.2) is 9.84 Å². The molecule has 0 unspecified atom stereocenters. The first-order valence-corrected chi connectivity index (χ1v) is 13.1. The summed E-state index contributed by atoms with van der Waals surface area (Å²) in [6, 6.07) is 6.63. The molecule has 0 atom stereocenters. The average molecular weight is 432 g/mol. The Balaban J connectivity index is 1.20. The van der Waals surface area contributed by atoms with Crippen LogP contribution in [0.2, 0.25) is 0 Å². The predicted molar refractivity (Wildman–Crippen MR) is 115 cm³/mol. The second-order valence-electron chi connectivity index (χ2n) is 10.4. The highest BCUT2D eigenvalue weighted by molar-refractivity contribution is 7.92. The summed E-state index contributed by atoms with van der Waals surface area (Å²) in [6.45, 7) is 1.12. The maximum absolute atomic E-state index is 13.1. The van der Waals surface area contributed by atoms with E-state index in [-0.39, 0.29) is 11.3 Å². The molecule has 4 aliphatic carbocycles. The van der Waals surface area contributed by atoms with Gasteiger partial charge in [-0.25, -0.2) is 8.42 Å². The monoisotopic (exact) mass is 431 g/mol. The molecule has 30 heavy (non-hydrogen) atoms. The summed E-state index contributed by atoms with van der Waals surface area (Å²) in [5.74, 6) is 3.47. The van der Waals surface area contributed by atoms with Crippen LogP contribution in [-0.4, -0.2) is 44.7 Å². The van der Waals surface area contributed by atoms with Crippen LogP contribution in [0.1, 0.15) is 57.8 Å². The minimum Gasteiger partial charge on any atom is -0.497 e. The van der Waals surface area contributed by atoms with Crippen LogP contribution in [0.5, 0.6) is 5.75 Å². The maximum atomic E-state index is 13.1. The Morgan fingerprint density at radius 3 is 2.03 bits per heavy atom. The van der Waals surface area contributed by atoms with Gasteiger partial charge in [0.05, 0.1) is 17.3 Å². The predicted octanol–water partition coefficient (Wildman–Crippen LogP) is 4.07. The topological polar surface area (TPSA) is 63.7 Å². The highest BCUT2D eigenvalue weighted by Gasteiger charge is 2.51. The Hall–Kier alpha value is -1.56. The standard InChI is InChI=1S/C24H33NO4S/c1-29-20-2-4-21(5-3-20)30(27,28)22-6-8-25(9-7-22)23(26)16-24-13-17-10-18(14-24)12-19(11-17)15-24/h2-5,17-19,22H,6-16H2,1H3. The minimum atomic E-state index is -3.37. The fraction of sp³-hybridized carbons (Fsp3) is 0.708. The van der Waals surface area contributed by atoms with Crippen molar-refractivity contribution in [1.82, 2.24) is 4.90 Å². The summed E-state index contributed by atoms with van der Waals surface area (Å²) in [5.41, 5.74) is 0.248. The van der Waals surface area contributed by atoms with Crippen LogP contribution >= 0.6 is 0 Å². The van der Waals surface area contributed by atoms with Crippen molar-refractivity contribution in [2.24, 2.45) is 23.2 Å². The van der Waals surface area contributed by atoms with Crippen molar-refractivity contribution in [2.45, 2.75) is 67.9 Å². The Morgan fingerprint density at radius 2 is 1.53 bits per heavy atom. The van der Waals surface area contributed by atoms with E-state index in [0.29, 0.717) is 43.0 Å². The van der Waals surface area contributed by atoms with Gasteiger partial charge in [-0.2, -0.15) is 0 Å². The largest absolute Gasteiger partial charge is 0.497 e. The molecule has 5 fully saturated rings. The van der Waals surface area contributed by atoms with Crippen LogP contribution < -0.4 is 4.74 Å². The third-order valence-corrected chi connectivity index (χ3v) is 10.6. The normalized spacial score (nSPS) is 33.6. The Kier molecular flexibility index (Phi) is 5.11. The van der Waals surface area contributed by atoms with Gasteiger partial charge in [-0.05, 0) is 98.8 Å². The summed E-state index contributed by atoms with van der Waals surface area (Å²) in [5, 5.41) is -0.408. The van der Waals surface area contributed by atoms with Gasteiger partial charge >= 0.3 is 0 Å². The number of sulfone groups is 1. The second-order valence-corrected chi connectivity index (χ2v) is 12.6. The summed E-state index contributed by atoms with van der Waals surface area (Å²) >= 11 is 0. The van der Waals surface area contributed by atoms with E-state index in [2.05, 4.69) is 0 Å². The summed E-state index contributed by atoms with van der Waals surface area (Å²) in [4.78, 5) is 15.4. The number of nitrogens with zero attached hydrogens (tertiary/aromatic N) is 1. The van der Waals surface area contributed by atoms with Crippen LogP contribution in [-0.2, 0) is 14.6 Å². The summed E-state index contributed by atoms with van der Waals surface area (Å²) in [6.07, 6.45) is 9.65. The summed E-state index contributed by atoms with van der Waals surface area (Å²) in [7, 11) is -1.80. The molecule has 1 aliphatic heterocycles. The number of benzene rings is 1. The van der Waals surface area contributed by atoms with E-state index in [4.69, 9.17) is 4.74 Å². The second kappa shape index (κ2) is 7.54.